The number of aryl methyl sites for hydroxylation is 1. The number of carbonyl (C=O) groups excluding carboxylic acids is 2. The van der Waals surface area contributed by atoms with Gasteiger partial charge in [0.1, 0.15) is 5.82 Å². The summed E-state index contributed by atoms with van der Waals surface area (Å²) in [6.45, 7) is 1.70. The second-order valence-electron chi connectivity index (χ2n) is 3.52. The number of cyclic esters (lactones) is 2. The van der Waals surface area contributed by atoms with Crippen molar-refractivity contribution < 1.29 is 18.7 Å². The second-order valence-corrected chi connectivity index (χ2v) is 3.52. The Bertz CT molecular complexity index is 419. The van der Waals surface area contributed by atoms with Crippen molar-refractivity contribution in [2.75, 3.05) is 0 Å². The summed E-state index contributed by atoms with van der Waals surface area (Å²) in [7, 11) is 0. The first kappa shape index (κ1) is 9.83. The van der Waals surface area contributed by atoms with Crippen LogP contribution in [0.2, 0.25) is 0 Å². The van der Waals surface area contributed by atoms with Crippen LogP contribution in [0.4, 0.5) is 4.39 Å². The molecule has 1 aromatic rings. The highest BCUT2D eigenvalue weighted by atomic mass is 19.1. The number of hydrogen-bond acceptors (Lipinski definition) is 3. The monoisotopic (exact) mass is 208 g/mol. The maximum atomic E-state index is 13.5. The Hall–Kier alpha value is -1.71. The summed E-state index contributed by atoms with van der Waals surface area (Å²) in [5, 5.41) is 0. The molecule has 1 aromatic carbocycles. The minimum Gasteiger partial charge on any atom is -0.393 e. The number of rotatable bonds is 1. The quantitative estimate of drug-likeness (QED) is 0.521. The number of ether oxygens (including phenoxy) is 1. The van der Waals surface area contributed by atoms with Gasteiger partial charge in [0.15, 0.2) is 0 Å². The maximum Gasteiger partial charge on any atom is 0.321 e. The number of esters is 2. The molecule has 1 fully saturated rings. The van der Waals surface area contributed by atoms with Crippen molar-refractivity contribution in [2.24, 2.45) is 0 Å². The van der Waals surface area contributed by atoms with E-state index in [2.05, 4.69) is 4.74 Å². The fourth-order valence-corrected chi connectivity index (χ4v) is 1.78. The number of benzene rings is 1. The molecule has 78 valence electrons. The Balaban J connectivity index is 2.46. The molecule has 1 saturated heterocycles. The molecule has 1 aliphatic rings. The Labute approximate surface area is 85.9 Å². The van der Waals surface area contributed by atoms with Crippen LogP contribution in [0, 0.1) is 12.7 Å². The van der Waals surface area contributed by atoms with Gasteiger partial charge in [0, 0.05) is 5.56 Å². The van der Waals surface area contributed by atoms with E-state index in [1.54, 1.807) is 19.1 Å². The fraction of sp³-hybridized carbons (Fsp3) is 0.273. The van der Waals surface area contributed by atoms with E-state index in [0.29, 0.717) is 5.56 Å². The van der Waals surface area contributed by atoms with Crippen molar-refractivity contribution in [3.8, 4) is 0 Å². The van der Waals surface area contributed by atoms with Gasteiger partial charge in [-0.15, -0.1) is 0 Å². The Morgan fingerprint density at radius 3 is 2.67 bits per heavy atom. The third-order valence-electron chi connectivity index (χ3n) is 2.49. The Kier molecular flexibility index (Phi) is 2.26. The minimum absolute atomic E-state index is 0.0688. The summed E-state index contributed by atoms with van der Waals surface area (Å²) in [4.78, 5) is 22.2. The standard InChI is InChI=1S/C11H9FO3/c1-6-3-2-4-8(12)10(6)7-5-9(13)15-11(7)14/h2-4,7H,5H2,1H3. The van der Waals surface area contributed by atoms with Crippen molar-refractivity contribution in [1.82, 2.24) is 0 Å². The smallest absolute Gasteiger partial charge is 0.321 e. The molecule has 1 atom stereocenters. The molecule has 0 amide bonds. The molecule has 2 rings (SSSR count). The van der Waals surface area contributed by atoms with E-state index in [1.165, 1.54) is 6.07 Å². The van der Waals surface area contributed by atoms with Crippen LogP contribution < -0.4 is 0 Å². The molecular weight excluding hydrogens is 199 g/mol. The van der Waals surface area contributed by atoms with E-state index in [-0.39, 0.29) is 12.0 Å². The van der Waals surface area contributed by atoms with Gasteiger partial charge in [0.05, 0.1) is 12.3 Å². The molecule has 15 heavy (non-hydrogen) atoms. The third kappa shape index (κ3) is 1.63. The zero-order valence-corrected chi connectivity index (χ0v) is 8.12. The molecule has 1 aliphatic heterocycles. The predicted octanol–water partition coefficient (Wildman–Crippen LogP) is 1.69. The van der Waals surface area contributed by atoms with E-state index in [9.17, 15) is 14.0 Å². The Morgan fingerprint density at radius 1 is 1.40 bits per heavy atom. The number of carbonyl (C=O) groups is 2. The largest absolute Gasteiger partial charge is 0.393 e. The van der Waals surface area contributed by atoms with Crippen LogP contribution in [0.3, 0.4) is 0 Å². The third-order valence-corrected chi connectivity index (χ3v) is 2.49. The van der Waals surface area contributed by atoms with Gasteiger partial charge in [-0.25, -0.2) is 4.39 Å². The van der Waals surface area contributed by atoms with Crippen LogP contribution in [0.25, 0.3) is 0 Å². The van der Waals surface area contributed by atoms with Gasteiger partial charge in [-0.2, -0.15) is 0 Å². The average molecular weight is 208 g/mol. The van der Waals surface area contributed by atoms with Crippen molar-refractivity contribution >= 4 is 11.9 Å². The van der Waals surface area contributed by atoms with Gasteiger partial charge < -0.3 is 4.74 Å². The molecule has 0 N–H and O–H groups in total. The van der Waals surface area contributed by atoms with Crippen LogP contribution in [-0.2, 0) is 14.3 Å². The first-order valence-electron chi connectivity index (χ1n) is 4.59. The first-order chi connectivity index (χ1) is 7.09. The van der Waals surface area contributed by atoms with Crippen molar-refractivity contribution in [3.63, 3.8) is 0 Å². The molecule has 1 unspecified atom stereocenters. The molecule has 0 spiro atoms. The molecular formula is C11H9FO3. The van der Waals surface area contributed by atoms with Gasteiger partial charge in [-0.1, -0.05) is 12.1 Å². The zero-order chi connectivity index (χ0) is 11.0. The van der Waals surface area contributed by atoms with Crippen molar-refractivity contribution in [2.45, 2.75) is 19.3 Å². The molecule has 0 aliphatic carbocycles. The molecule has 3 nitrogen and oxygen atoms in total. The molecule has 4 heteroatoms. The summed E-state index contributed by atoms with van der Waals surface area (Å²) in [5.74, 6) is -2.49. The highest BCUT2D eigenvalue weighted by Gasteiger charge is 2.37. The first-order valence-corrected chi connectivity index (χ1v) is 4.59. The van der Waals surface area contributed by atoms with Gasteiger partial charge in [0.25, 0.3) is 0 Å². The normalized spacial score (nSPS) is 20.5. The van der Waals surface area contributed by atoms with Crippen LogP contribution in [-0.4, -0.2) is 11.9 Å². The van der Waals surface area contributed by atoms with E-state index in [4.69, 9.17) is 0 Å². The lowest BCUT2D eigenvalue weighted by Crippen LogP contribution is -2.09. The minimum atomic E-state index is -0.779. The van der Waals surface area contributed by atoms with Gasteiger partial charge in [-0.05, 0) is 18.6 Å². The lowest BCUT2D eigenvalue weighted by molar-refractivity contribution is -0.152. The Morgan fingerprint density at radius 2 is 2.13 bits per heavy atom. The highest BCUT2D eigenvalue weighted by Crippen LogP contribution is 2.31. The van der Waals surface area contributed by atoms with Crippen molar-refractivity contribution in [1.29, 1.82) is 0 Å². The lowest BCUT2D eigenvalue weighted by atomic mass is 9.93. The zero-order valence-electron chi connectivity index (χ0n) is 8.12. The van der Waals surface area contributed by atoms with Crippen LogP contribution in [0.5, 0.6) is 0 Å². The highest BCUT2D eigenvalue weighted by molar-refractivity contribution is 5.98. The summed E-state index contributed by atoms with van der Waals surface area (Å²) in [6, 6.07) is 4.54. The lowest BCUT2D eigenvalue weighted by Gasteiger charge is -2.09. The molecule has 1 heterocycles. The SMILES string of the molecule is Cc1cccc(F)c1C1CC(=O)OC1=O. The van der Waals surface area contributed by atoms with Crippen LogP contribution >= 0.6 is 0 Å². The van der Waals surface area contributed by atoms with E-state index >= 15 is 0 Å². The second kappa shape index (κ2) is 3.46. The summed E-state index contributed by atoms with van der Waals surface area (Å²) >= 11 is 0. The van der Waals surface area contributed by atoms with Crippen LogP contribution in [0.15, 0.2) is 18.2 Å². The molecule has 0 saturated carbocycles. The molecule has 0 bridgehead atoms. The van der Waals surface area contributed by atoms with E-state index in [1.807, 2.05) is 0 Å². The van der Waals surface area contributed by atoms with E-state index < -0.39 is 23.7 Å². The predicted molar refractivity (Wildman–Crippen MR) is 49.6 cm³/mol. The average Bonchev–Trinajstić information content (AvgIpc) is 2.45. The van der Waals surface area contributed by atoms with Gasteiger partial charge >= 0.3 is 11.9 Å². The molecule has 0 radical (unpaired) electrons. The number of halogens is 1. The summed E-state index contributed by atoms with van der Waals surface area (Å²) in [6.07, 6.45) is -0.0688. The fourth-order valence-electron chi connectivity index (χ4n) is 1.78. The topological polar surface area (TPSA) is 43.4 Å². The van der Waals surface area contributed by atoms with Gasteiger partial charge in [-0.3, -0.25) is 9.59 Å². The van der Waals surface area contributed by atoms with Gasteiger partial charge in [0.2, 0.25) is 0 Å². The maximum absolute atomic E-state index is 13.5. The van der Waals surface area contributed by atoms with E-state index in [0.717, 1.165) is 0 Å². The van der Waals surface area contributed by atoms with Crippen molar-refractivity contribution in [3.05, 3.63) is 35.1 Å². The van der Waals surface area contributed by atoms with Crippen LogP contribution in [0.1, 0.15) is 23.5 Å². The number of hydrogen-bond donors (Lipinski definition) is 0. The summed E-state index contributed by atoms with van der Waals surface area (Å²) < 4.78 is 17.9. The molecule has 0 aromatic heterocycles. The summed E-state index contributed by atoms with van der Waals surface area (Å²) in [5.41, 5.74) is 0.931.